The summed E-state index contributed by atoms with van der Waals surface area (Å²) in [6.45, 7) is 8.05. The van der Waals surface area contributed by atoms with Gasteiger partial charge < -0.3 is 20.1 Å². The highest BCUT2D eigenvalue weighted by Crippen LogP contribution is 2.17. The van der Waals surface area contributed by atoms with Gasteiger partial charge in [0.15, 0.2) is 0 Å². The molecule has 1 aliphatic heterocycles. The number of nitrogens with one attached hydrogen (secondary N) is 2. The zero-order valence-corrected chi connectivity index (χ0v) is 13.4. The molecule has 0 radical (unpaired) electrons. The molecule has 6 heteroatoms. The summed E-state index contributed by atoms with van der Waals surface area (Å²) in [5.41, 5.74) is -0.518. The summed E-state index contributed by atoms with van der Waals surface area (Å²) in [5, 5.41) is 5.45. The van der Waals surface area contributed by atoms with E-state index in [4.69, 9.17) is 9.47 Å². The van der Waals surface area contributed by atoms with E-state index in [1.54, 1.807) is 20.8 Å². The van der Waals surface area contributed by atoms with E-state index < -0.39 is 11.7 Å². The molecule has 1 saturated heterocycles. The standard InChI is InChI=1S/C15H28N2O4/c1-15(2,3)21-14(19)17-9-5-13(18)16-8-4-12-6-10-20-11-7-12/h12H,4-11H2,1-3H3,(H,16,18)(H,17,19). The Labute approximate surface area is 126 Å². The van der Waals surface area contributed by atoms with Crippen LogP contribution in [0.4, 0.5) is 4.79 Å². The summed E-state index contributed by atoms with van der Waals surface area (Å²) in [5.74, 6) is 0.608. The van der Waals surface area contributed by atoms with Gasteiger partial charge in [-0.05, 0) is 46.0 Å². The maximum Gasteiger partial charge on any atom is 0.407 e. The Morgan fingerprint density at radius 2 is 1.81 bits per heavy atom. The molecule has 1 heterocycles. The highest BCUT2D eigenvalue weighted by molar-refractivity contribution is 5.76. The first-order valence-electron chi connectivity index (χ1n) is 7.68. The van der Waals surface area contributed by atoms with Crippen molar-refractivity contribution in [2.75, 3.05) is 26.3 Å². The van der Waals surface area contributed by atoms with Crippen molar-refractivity contribution >= 4 is 12.0 Å². The third kappa shape index (κ3) is 9.28. The van der Waals surface area contributed by atoms with Crippen LogP contribution in [-0.2, 0) is 14.3 Å². The summed E-state index contributed by atoms with van der Waals surface area (Å²) < 4.78 is 10.4. The summed E-state index contributed by atoms with van der Waals surface area (Å²) in [6, 6.07) is 0. The van der Waals surface area contributed by atoms with Gasteiger partial charge in [0.2, 0.25) is 5.91 Å². The molecular formula is C15H28N2O4. The Hall–Kier alpha value is -1.30. The summed E-state index contributed by atoms with van der Waals surface area (Å²) in [6.07, 6.45) is 2.94. The lowest BCUT2D eigenvalue weighted by molar-refractivity contribution is -0.121. The van der Waals surface area contributed by atoms with Crippen LogP contribution in [0, 0.1) is 5.92 Å². The second-order valence-electron chi connectivity index (χ2n) is 6.37. The zero-order valence-electron chi connectivity index (χ0n) is 13.4. The Morgan fingerprint density at radius 3 is 2.43 bits per heavy atom. The number of carbonyl (C=O) groups excluding carboxylic acids is 2. The second-order valence-corrected chi connectivity index (χ2v) is 6.37. The van der Waals surface area contributed by atoms with Crippen molar-refractivity contribution in [3.05, 3.63) is 0 Å². The van der Waals surface area contributed by atoms with Crippen LogP contribution < -0.4 is 10.6 Å². The molecule has 0 spiro atoms. The van der Waals surface area contributed by atoms with Gasteiger partial charge in [0.25, 0.3) is 0 Å². The molecular weight excluding hydrogens is 272 g/mol. The number of carbonyl (C=O) groups is 2. The fourth-order valence-corrected chi connectivity index (χ4v) is 2.13. The fraction of sp³-hybridized carbons (Fsp3) is 0.867. The second kappa shape index (κ2) is 8.87. The minimum absolute atomic E-state index is 0.0434. The lowest BCUT2D eigenvalue weighted by atomic mass is 9.97. The minimum Gasteiger partial charge on any atom is -0.444 e. The number of hydrogen-bond donors (Lipinski definition) is 2. The first kappa shape index (κ1) is 17.8. The quantitative estimate of drug-likeness (QED) is 0.784. The lowest BCUT2D eigenvalue weighted by Crippen LogP contribution is -2.35. The molecule has 0 bridgehead atoms. The van der Waals surface area contributed by atoms with E-state index in [-0.39, 0.29) is 18.9 Å². The average molecular weight is 300 g/mol. The molecule has 1 fully saturated rings. The fourth-order valence-electron chi connectivity index (χ4n) is 2.13. The molecule has 0 aromatic heterocycles. The normalized spacial score (nSPS) is 16.3. The summed E-state index contributed by atoms with van der Waals surface area (Å²) >= 11 is 0. The third-order valence-electron chi connectivity index (χ3n) is 3.24. The highest BCUT2D eigenvalue weighted by Gasteiger charge is 2.16. The van der Waals surface area contributed by atoms with Crippen LogP contribution in [0.5, 0.6) is 0 Å². The molecule has 1 aliphatic rings. The predicted octanol–water partition coefficient (Wildman–Crippen LogP) is 1.83. The first-order valence-corrected chi connectivity index (χ1v) is 7.68. The van der Waals surface area contributed by atoms with Crippen molar-refractivity contribution in [2.45, 2.75) is 52.1 Å². The molecule has 0 aromatic rings. The third-order valence-corrected chi connectivity index (χ3v) is 3.24. The molecule has 6 nitrogen and oxygen atoms in total. The van der Waals surface area contributed by atoms with Crippen LogP contribution in [0.3, 0.4) is 0 Å². The predicted molar refractivity (Wildman–Crippen MR) is 80.0 cm³/mol. The Kier molecular flexibility index (Phi) is 7.50. The van der Waals surface area contributed by atoms with Crippen molar-refractivity contribution in [2.24, 2.45) is 5.92 Å². The molecule has 21 heavy (non-hydrogen) atoms. The van der Waals surface area contributed by atoms with Gasteiger partial charge in [0, 0.05) is 32.7 Å². The largest absolute Gasteiger partial charge is 0.444 e. The van der Waals surface area contributed by atoms with Gasteiger partial charge in [-0.2, -0.15) is 0 Å². The maximum atomic E-state index is 11.6. The smallest absolute Gasteiger partial charge is 0.407 e. The van der Waals surface area contributed by atoms with Crippen LogP contribution in [0.1, 0.15) is 46.5 Å². The molecule has 2 amide bonds. The van der Waals surface area contributed by atoms with Crippen molar-refractivity contribution in [1.82, 2.24) is 10.6 Å². The number of rotatable bonds is 6. The monoisotopic (exact) mass is 300 g/mol. The van der Waals surface area contributed by atoms with Crippen LogP contribution >= 0.6 is 0 Å². The summed E-state index contributed by atoms with van der Waals surface area (Å²) in [7, 11) is 0. The van der Waals surface area contributed by atoms with E-state index in [2.05, 4.69) is 10.6 Å². The number of amides is 2. The van der Waals surface area contributed by atoms with Gasteiger partial charge in [0.05, 0.1) is 0 Å². The Morgan fingerprint density at radius 1 is 1.14 bits per heavy atom. The Bertz CT molecular complexity index is 333. The van der Waals surface area contributed by atoms with Crippen molar-refractivity contribution in [1.29, 1.82) is 0 Å². The van der Waals surface area contributed by atoms with E-state index in [0.29, 0.717) is 12.5 Å². The molecule has 0 aromatic carbocycles. The van der Waals surface area contributed by atoms with Gasteiger partial charge in [-0.3, -0.25) is 4.79 Å². The molecule has 0 aliphatic carbocycles. The maximum absolute atomic E-state index is 11.6. The van der Waals surface area contributed by atoms with Crippen LogP contribution in [-0.4, -0.2) is 43.9 Å². The minimum atomic E-state index is -0.518. The lowest BCUT2D eigenvalue weighted by Gasteiger charge is -2.22. The van der Waals surface area contributed by atoms with Gasteiger partial charge in [-0.15, -0.1) is 0 Å². The van der Waals surface area contributed by atoms with Crippen LogP contribution in [0.25, 0.3) is 0 Å². The number of alkyl carbamates (subject to hydrolysis) is 1. The van der Waals surface area contributed by atoms with Gasteiger partial charge >= 0.3 is 6.09 Å². The summed E-state index contributed by atoms with van der Waals surface area (Å²) in [4.78, 5) is 23.0. The molecule has 1 rings (SSSR count). The average Bonchev–Trinajstić information content (AvgIpc) is 2.38. The van der Waals surface area contributed by atoms with Gasteiger partial charge in [0.1, 0.15) is 5.60 Å². The van der Waals surface area contributed by atoms with Crippen molar-refractivity contribution in [3.8, 4) is 0 Å². The van der Waals surface area contributed by atoms with E-state index >= 15 is 0 Å². The topological polar surface area (TPSA) is 76.7 Å². The molecule has 0 atom stereocenters. The first-order chi connectivity index (χ1) is 9.87. The van der Waals surface area contributed by atoms with Crippen LogP contribution in [0.15, 0.2) is 0 Å². The van der Waals surface area contributed by atoms with Crippen molar-refractivity contribution < 1.29 is 19.1 Å². The van der Waals surface area contributed by atoms with E-state index in [0.717, 1.165) is 32.5 Å². The number of hydrogen-bond acceptors (Lipinski definition) is 4. The van der Waals surface area contributed by atoms with Gasteiger partial charge in [-0.1, -0.05) is 0 Å². The molecule has 0 unspecified atom stereocenters. The Balaban J connectivity index is 2.02. The highest BCUT2D eigenvalue weighted by atomic mass is 16.6. The van der Waals surface area contributed by atoms with Crippen molar-refractivity contribution in [3.63, 3.8) is 0 Å². The molecule has 0 saturated carbocycles. The van der Waals surface area contributed by atoms with Gasteiger partial charge in [-0.25, -0.2) is 4.79 Å². The van der Waals surface area contributed by atoms with E-state index in [1.165, 1.54) is 0 Å². The van der Waals surface area contributed by atoms with E-state index in [9.17, 15) is 9.59 Å². The SMILES string of the molecule is CC(C)(C)OC(=O)NCCC(=O)NCCC1CCOCC1. The van der Waals surface area contributed by atoms with E-state index in [1.807, 2.05) is 0 Å². The zero-order chi connectivity index (χ0) is 15.7. The van der Waals surface area contributed by atoms with Crippen LogP contribution in [0.2, 0.25) is 0 Å². The molecule has 2 N–H and O–H groups in total. The molecule has 122 valence electrons. The number of ether oxygens (including phenoxy) is 2.